The molecule has 0 aliphatic rings. The lowest BCUT2D eigenvalue weighted by atomic mass is 9.87. The molecule has 368 valence electrons. The molecule has 12 aromatic rings. The van der Waals surface area contributed by atoms with Gasteiger partial charge in [0.25, 0.3) is 7.38 Å². The Labute approximate surface area is 460 Å². The Balaban J connectivity index is 1.38. The van der Waals surface area contributed by atoms with E-state index in [0.29, 0.717) is 0 Å². The quantitative estimate of drug-likeness (QED) is 0.0650. The minimum atomic E-state index is -4.09. The highest BCUT2D eigenvalue weighted by Gasteiger charge is 2.49. The van der Waals surface area contributed by atoms with Gasteiger partial charge in [-0.3, -0.25) is 0 Å². The van der Waals surface area contributed by atoms with Crippen LogP contribution in [-0.4, -0.2) is 7.38 Å². The first-order chi connectivity index (χ1) is 37.9. The molecule has 0 spiro atoms. The fraction of sp³-hybridized carbons (Fsp3) is 0.0400. The molecule has 0 amide bonds. The van der Waals surface area contributed by atoms with E-state index in [9.17, 15) is 11.1 Å². The highest BCUT2D eigenvalue weighted by Crippen LogP contribution is 2.46. The van der Waals surface area contributed by atoms with Gasteiger partial charge in [0.1, 0.15) is 0 Å². The molecule has 0 nitrogen and oxygen atoms in total. The van der Waals surface area contributed by atoms with Crippen molar-refractivity contribution in [2.75, 3.05) is 0 Å². The van der Waals surface area contributed by atoms with Gasteiger partial charge >= 0.3 is 0 Å². The summed E-state index contributed by atoms with van der Waals surface area (Å²) in [6.45, 7) is 7.09. The number of halogens is 1. The first-order valence-electron chi connectivity index (χ1n) is 26.6. The molecule has 0 N–H and O–H groups in total. The van der Waals surface area contributed by atoms with E-state index in [1.165, 1.54) is 48.9 Å². The smallest absolute Gasteiger partial charge is 0.149 e. The average molecular weight is 1020 g/mol. The summed E-state index contributed by atoms with van der Waals surface area (Å²) < 4.78 is 0. The van der Waals surface area contributed by atoms with Gasteiger partial charge in [-0.2, -0.15) is 0 Å². The predicted molar refractivity (Wildman–Crippen MR) is 333 cm³/mol. The number of rotatable bonds is 12. The van der Waals surface area contributed by atoms with Gasteiger partial charge in [0, 0.05) is 0 Å². The van der Waals surface area contributed by atoms with Crippen LogP contribution >= 0.6 is 11.1 Å². The maximum atomic E-state index is 10.0. The Kier molecular flexibility index (Phi) is 13.6. The average Bonchev–Trinajstić information content (AvgIpc) is 3.65. The zero-order valence-corrected chi connectivity index (χ0v) is 45.3. The third kappa shape index (κ3) is 9.08. The molecule has 0 aromatic heterocycles. The molecule has 0 unspecified atom stereocenters. The van der Waals surface area contributed by atoms with Gasteiger partial charge in [-0.1, -0.05) is 273 Å². The van der Waals surface area contributed by atoms with Gasteiger partial charge in [0.2, 0.25) is 0 Å². The maximum Gasteiger partial charge on any atom is 0.250 e. The lowest BCUT2D eigenvalue weighted by Gasteiger charge is -2.39. The third-order valence-electron chi connectivity index (χ3n) is 15.5. The Morgan fingerprint density at radius 1 is 0.208 bits per heavy atom. The minimum absolute atomic E-state index is 1.12. The number of hydrogen-bond acceptors (Lipinski definition) is 0. The van der Waals surface area contributed by atoms with Crippen molar-refractivity contribution in [2.24, 2.45) is 0 Å². The van der Waals surface area contributed by atoms with Crippen molar-refractivity contribution >= 4 is 34.0 Å². The summed E-state index contributed by atoms with van der Waals surface area (Å²) in [6, 6.07) is 106. The molecule has 12 rings (SSSR count). The van der Waals surface area contributed by atoms with Gasteiger partial charge < -0.3 is 0 Å². The van der Waals surface area contributed by atoms with Crippen LogP contribution in [0.1, 0.15) is 16.7 Å². The second-order valence-corrected chi connectivity index (χ2v) is 24.5. The lowest BCUT2D eigenvalue weighted by Crippen LogP contribution is -2.67. The summed E-state index contributed by atoms with van der Waals surface area (Å²) in [4.78, 5) is 0. The van der Waals surface area contributed by atoms with Gasteiger partial charge in [0.05, 0.1) is 0 Å². The molecule has 0 heterocycles. The Hall–Kier alpha value is -8.85. The Morgan fingerprint density at radius 3 is 0.545 bits per heavy atom. The van der Waals surface area contributed by atoms with Crippen LogP contribution in [0.15, 0.2) is 291 Å². The van der Waals surface area contributed by atoms with Crippen LogP contribution in [0.4, 0.5) is 0 Å². The predicted octanol–water partition coefficient (Wildman–Crippen LogP) is 18.8. The third-order valence-corrected chi connectivity index (χ3v) is 21.2. The van der Waals surface area contributed by atoms with E-state index in [1.54, 1.807) is 0 Å². The molecular weight excluding hydrogens is 964 g/mol. The van der Waals surface area contributed by atoms with Crippen LogP contribution in [0.3, 0.4) is 0 Å². The van der Waals surface area contributed by atoms with Crippen LogP contribution in [0.25, 0.3) is 100 Å². The fourth-order valence-corrected chi connectivity index (χ4v) is 18.8. The zero-order valence-electron chi connectivity index (χ0n) is 43.6. The van der Waals surface area contributed by atoms with Gasteiger partial charge in [-0.25, -0.2) is 0 Å². The maximum absolute atomic E-state index is 10.0. The monoisotopic (exact) mass is 1020 g/mol. The molecule has 0 atom stereocenters. The lowest BCUT2D eigenvalue weighted by molar-refractivity contribution is 1.44. The largest absolute Gasteiger partial charge is 0.250 e. The second-order valence-electron chi connectivity index (χ2n) is 20.0. The zero-order chi connectivity index (χ0) is 52.3. The van der Waals surface area contributed by atoms with E-state index in [0.717, 1.165) is 83.5 Å². The highest BCUT2D eigenvalue weighted by atomic mass is 35.6. The first kappa shape index (κ1) is 49.0. The van der Waals surface area contributed by atoms with Crippen LogP contribution in [0.2, 0.25) is 0 Å². The number of hydrogen-bond donors (Lipinski definition) is 0. The van der Waals surface area contributed by atoms with Crippen molar-refractivity contribution in [1.82, 2.24) is 0 Å². The topological polar surface area (TPSA) is 0 Å². The molecule has 0 aliphatic heterocycles. The standard InChI is InChI=1S/C75H57ClSi/c1-52-70(61-43-25-10-26-44-61)64(55-31-13-4-14-32-55)49-67(58-37-19-7-20-38-58)73(52)77(76,74-53(2)71(62-45-27-11-28-46-62)65(56-33-15-5-16-34-56)50-68(74)59-39-21-8-22-40-59)75-54(3)72(63-47-29-12-30-48-63)66(57-35-17-6-18-36-57)51-69(75)60-41-23-9-24-42-60/h4-51H,1-3H3. The summed E-state index contributed by atoms with van der Waals surface area (Å²) in [6.07, 6.45) is 0. The van der Waals surface area contributed by atoms with Crippen molar-refractivity contribution in [1.29, 1.82) is 0 Å². The molecule has 0 saturated carbocycles. The van der Waals surface area contributed by atoms with Crippen molar-refractivity contribution in [3.63, 3.8) is 0 Å². The van der Waals surface area contributed by atoms with Crippen molar-refractivity contribution < 1.29 is 0 Å². The fourth-order valence-electron chi connectivity index (χ4n) is 12.2. The molecule has 0 fully saturated rings. The van der Waals surface area contributed by atoms with Crippen LogP contribution in [0, 0.1) is 20.8 Å². The molecule has 77 heavy (non-hydrogen) atoms. The first-order valence-corrected chi connectivity index (χ1v) is 29.6. The minimum Gasteiger partial charge on any atom is -0.149 e. The second kappa shape index (κ2) is 21.4. The molecule has 2 heteroatoms. The van der Waals surface area contributed by atoms with Crippen molar-refractivity contribution in [3.05, 3.63) is 308 Å². The van der Waals surface area contributed by atoms with E-state index in [4.69, 9.17) is 0 Å². The summed E-state index contributed by atoms with van der Waals surface area (Å²) in [5, 5.41) is 3.51. The Bertz CT molecular complexity index is 3570. The Morgan fingerprint density at radius 2 is 0.364 bits per heavy atom. The van der Waals surface area contributed by atoms with E-state index < -0.39 is 7.38 Å². The summed E-state index contributed by atoms with van der Waals surface area (Å²) in [5.74, 6) is 0. The molecule has 0 saturated heterocycles. The van der Waals surface area contributed by atoms with Crippen LogP contribution < -0.4 is 15.6 Å². The van der Waals surface area contributed by atoms with E-state index in [-0.39, 0.29) is 0 Å². The van der Waals surface area contributed by atoms with E-state index in [2.05, 4.69) is 312 Å². The van der Waals surface area contributed by atoms with Gasteiger partial charge in [-0.15, -0.1) is 11.1 Å². The highest BCUT2D eigenvalue weighted by molar-refractivity contribution is 7.42. The number of benzene rings is 12. The van der Waals surface area contributed by atoms with Crippen molar-refractivity contribution in [2.45, 2.75) is 20.8 Å². The van der Waals surface area contributed by atoms with Crippen LogP contribution in [-0.2, 0) is 0 Å². The molecule has 12 aromatic carbocycles. The van der Waals surface area contributed by atoms with Gasteiger partial charge in [-0.05, 0) is 171 Å². The summed E-state index contributed by atoms with van der Waals surface area (Å²) in [7, 11) is -4.09. The molecule has 0 radical (unpaired) electrons. The van der Waals surface area contributed by atoms with Crippen molar-refractivity contribution in [3.8, 4) is 100 Å². The normalized spacial score (nSPS) is 11.4. The summed E-state index contributed by atoms with van der Waals surface area (Å²) in [5.41, 5.74) is 24.1. The molecular formula is C75H57ClSi. The molecule has 0 aliphatic carbocycles. The van der Waals surface area contributed by atoms with E-state index in [1.807, 2.05) is 0 Å². The van der Waals surface area contributed by atoms with E-state index >= 15 is 0 Å². The van der Waals surface area contributed by atoms with Crippen LogP contribution in [0.5, 0.6) is 0 Å². The summed E-state index contributed by atoms with van der Waals surface area (Å²) >= 11 is 10.0. The van der Waals surface area contributed by atoms with Gasteiger partial charge in [0.15, 0.2) is 0 Å². The SMILES string of the molecule is Cc1c(-c2ccccc2)c(-c2ccccc2)cc(-c2ccccc2)c1[Si](Cl)(c1c(-c2ccccc2)cc(-c2ccccc2)c(-c2ccccc2)c1C)c1c(-c2ccccc2)cc(-c2ccccc2)c(-c2ccccc2)c1C. The molecule has 0 bridgehead atoms.